The fraction of sp³-hybridized carbons (Fsp3) is 0.632. The molecule has 1 aliphatic rings. The molecule has 3 nitrogen and oxygen atoms in total. The fourth-order valence-corrected chi connectivity index (χ4v) is 3.99. The lowest BCUT2D eigenvalue weighted by atomic mass is 9.95. The quantitative estimate of drug-likeness (QED) is 0.629. The summed E-state index contributed by atoms with van der Waals surface area (Å²) in [7, 11) is 0. The minimum atomic E-state index is -0.599. The topological polar surface area (TPSA) is 63.3 Å². The van der Waals surface area contributed by atoms with Gasteiger partial charge in [0.05, 0.1) is 5.60 Å². The zero-order valence-corrected chi connectivity index (χ0v) is 15.3. The highest BCUT2D eigenvalue weighted by Gasteiger charge is 2.25. The van der Waals surface area contributed by atoms with E-state index in [1.54, 1.807) is 11.8 Å². The summed E-state index contributed by atoms with van der Waals surface area (Å²) in [4.78, 5) is 13.3. The molecule has 1 rings (SSSR count). The molecule has 0 spiro atoms. The van der Waals surface area contributed by atoms with E-state index in [9.17, 15) is 9.90 Å². The highest BCUT2D eigenvalue weighted by atomic mass is 32.2. The summed E-state index contributed by atoms with van der Waals surface area (Å²) in [6.07, 6.45) is 13.8. The molecule has 0 aromatic rings. The highest BCUT2D eigenvalue weighted by molar-refractivity contribution is 8.03. The Morgan fingerprint density at radius 2 is 2.04 bits per heavy atom. The Hall–Kier alpha value is -0.840. The molecule has 4 heteroatoms. The fourth-order valence-electron chi connectivity index (χ4n) is 2.78. The molecule has 0 bridgehead atoms. The number of carbonyl (C=O) groups is 1. The largest absolute Gasteiger partial charge is 0.389 e. The predicted octanol–water partition coefficient (Wildman–Crippen LogP) is 4.13. The number of hydrogen-bond donors (Lipinski definition) is 2. The lowest BCUT2D eigenvalue weighted by molar-refractivity contribution is -0.115. The van der Waals surface area contributed by atoms with Crippen molar-refractivity contribution < 1.29 is 9.90 Å². The number of hydrogen-bond acceptors (Lipinski definition) is 4. The van der Waals surface area contributed by atoms with Crippen molar-refractivity contribution in [1.29, 1.82) is 0 Å². The first kappa shape index (κ1) is 20.2. The molecular weight excluding hydrogens is 306 g/mol. The average molecular weight is 338 g/mol. The van der Waals surface area contributed by atoms with E-state index < -0.39 is 5.60 Å². The minimum absolute atomic E-state index is 0.0922. The number of rotatable bonds is 10. The number of allylic oxidation sites excluding steroid dienone is 6. The van der Waals surface area contributed by atoms with Crippen LogP contribution in [0.2, 0.25) is 0 Å². The van der Waals surface area contributed by atoms with Gasteiger partial charge in [0.25, 0.3) is 0 Å². The summed E-state index contributed by atoms with van der Waals surface area (Å²) >= 11 is 1.70. The highest BCUT2D eigenvalue weighted by Crippen LogP contribution is 2.32. The van der Waals surface area contributed by atoms with Gasteiger partial charge >= 0.3 is 0 Å². The summed E-state index contributed by atoms with van der Waals surface area (Å²) in [5.74, 6) is 0.789. The van der Waals surface area contributed by atoms with Crippen LogP contribution in [0.4, 0.5) is 0 Å². The van der Waals surface area contributed by atoms with E-state index >= 15 is 0 Å². The third-order valence-corrected chi connectivity index (χ3v) is 5.31. The van der Waals surface area contributed by atoms with Crippen LogP contribution in [-0.2, 0) is 4.79 Å². The van der Waals surface area contributed by atoms with E-state index in [1.807, 2.05) is 18.2 Å². The molecule has 0 aromatic carbocycles. The smallest absolute Gasteiger partial charge is 0.164 e. The van der Waals surface area contributed by atoms with Gasteiger partial charge in [-0.15, -0.1) is 11.8 Å². The average Bonchev–Trinajstić information content (AvgIpc) is 2.47. The number of Topliss-reactive ketones (excluding diaryl/α,β-unsaturated/α-hetero) is 1. The third kappa shape index (κ3) is 7.51. The standard InChI is InChI=1S/C19H31NO2S/c1-3-11-19(22,12-4-2)15-23-17-9-7-5-6-8-16(14-17)18(21)10-13-20/h5-6,8,14,22H,3-4,7,9-13,15,20H2,1-2H3/b6-5-,16-8+,17-14+. The van der Waals surface area contributed by atoms with Crippen LogP contribution in [0.15, 0.2) is 34.8 Å². The molecule has 0 saturated heterocycles. The normalized spacial score (nSPS) is 21.6. The van der Waals surface area contributed by atoms with Crippen molar-refractivity contribution in [2.45, 2.75) is 64.4 Å². The molecule has 1 aliphatic carbocycles. The number of aliphatic hydroxyl groups is 1. The molecule has 23 heavy (non-hydrogen) atoms. The van der Waals surface area contributed by atoms with Crippen molar-refractivity contribution in [2.24, 2.45) is 5.73 Å². The van der Waals surface area contributed by atoms with Crippen LogP contribution < -0.4 is 5.73 Å². The summed E-state index contributed by atoms with van der Waals surface area (Å²) in [5.41, 5.74) is 5.62. The Bertz CT molecular complexity index is 460. The molecule has 0 amide bonds. The lowest BCUT2D eigenvalue weighted by Gasteiger charge is -2.27. The van der Waals surface area contributed by atoms with Crippen LogP contribution in [0.1, 0.15) is 58.8 Å². The molecule has 0 atom stereocenters. The first-order chi connectivity index (χ1) is 11.0. The van der Waals surface area contributed by atoms with E-state index in [0.717, 1.165) is 44.1 Å². The van der Waals surface area contributed by atoms with Crippen LogP contribution >= 0.6 is 11.8 Å². The van der Waals surface area contributed by atoms with Crippen molar-refractivity contribution in [3.8, 4) is 0 Å². The van der Waals surface area contributed by atoms with Crippen molar-refractivity contribution in [3.05, 3.63) is 34.8 Å². The number of carbonyl (C=O) groups excluding carboxylic acids is 1. The maximum atomic E-state index is 12.1. The van der Waals surface area contributed by atoms with E-state index in [1.165, 1.54) is 4.91 Å². The van der Waals surface area contributed by atoms with Gasteiger partial charge in [-0.05, 0) is 43.2 Å². The first-order valence-corrected chi connectivity index (χ1v) is 9.69. The van der Waals surface area contributed by atoms with Gasteiger partial charge in [0, 0.05) is 17.7 Å². The maximum Gasteiger partial charge on any atom is 0.164 e. The molecule has 0 saturated carbocycles. The number of ketones is 1. The minimum Gasteiger partial charge on any atom is -0.389 e. The van der Waals surface area contributed by atoms with Gasteiger partial charge in [0.2, 0.25) is 0 Å². The Labute approximate surface area is 145 Å². The summed E-state index contributed by atoms with van der Waals surface area (Å²) in [6, 6.07) is 0. The van der Waals surface area contributed by atoms with Crippen LogP contribution in [0, 0.1) is 0 Å². The number of thioether (sulfide) groups is 1. The second kappa shape index (κ2) is 10.8. The zero-order valence-electron chi connectivity index (χ0n) is 14.5. The van der Waals surface area contributed by atoms with E-state index in [0.29, 0.717) is 18.7 Å². The Balaban J connectivity index is 2.79. The molecule has 0 radical (unpaired) electrons. The zero-order chi connectivity index (χ0) is 17.1. The Morgan fingerprint density at radius 1 is 1.35 bits per heavy atom. The van der Waals surface area contributed by atoms with Crippen molar-refractivity contribution in [1.82, 2.24) is 0 Å². The van der Waals surface area contributed by atoms with Gasteiger partial charge in [0.15, 0.2) is 5.78 Å². The van der Waals surface area contributed by atoms with Gasteiger partial charge in [-0.2, -0.15) is 0 Å². The molecule has 3 N–H and O–H groups in total. The van der Waals surface area contributed by atoms with Crippen LogP contribution in [0.25, 0.3) is 0 Å². The molecular formula is C19H31NO2S. The van der Waals surface area contributed by atoms with Crippen molar-refractivity contribution >= 4 is 17.5 Å². The molecule has 0 unspecified atom stereocenters. The third-order valence-electron chi connectivity index (χ3n) is 3.94. The predicted molar refractivity (Wildman–Crippen MR) is 100 cm³/mol. The van der Waals surface area contributed by atoms with Crippen LogP contribution in [0.3, 0.4) is 0 Å². The monoisotopic (exact) mass is 337 g/mol. The van der Waals surface area contributed by atoms with E-state index in [4.69, 9.17) is 5.73 Å². The van der Waals surface area contributed by atoms with Crippen molar-refractivity contribution in [3.63, 3.8) is 0 Å². The van der Waals surface area contributed by atoms with E-state index in [2.05, 4.69) is 19.9 Å². The number of nitrogens with two attached hydrogens (primary N) is 1. The summed E-state index contributed by atoms with van der Waals surface area (Å²) < 4.78 is 0. The molecule has 0 aliphatic heterocycles. The Kier molecular flexibility index (Phi) is 9.53. The second-order valence-electron chi connectivity index (χ2n) is 6.17. The summed E-state index contributed by atoms with van der Waals surface area (Å²) in [6.45, 7) is 4.60. The molecule has 0 heterocycles. The van der Waals surface area contributed by atoms with Gasteiger partial charge in [-0.3, -0.25) is 4.79 Å². The second-order valence-corrected chi connectivity index (χ2v) is 7.28. The van der Waals surface area contributed by atoms with Crippen molar-refractivity contribution in [2.75, 3.05) is 12.3 Å². The van der Waals surface area contributed by atoms with Gasteiger partial charge < -0.3 is 10.8 Å². The molecule has 0 fully saturated rings. The summed E-state index contributed by atoms with van der Waals surface area (Å²) in [5, 5.41) is 10.8. The van der Waals surface area contributed by atoms with Gasteiger partial charge in [-0.25, -0.2) is 0 Å². The molecule has 0 aromatic heterocycles. The lowest BCUT2D eigenvalue weighted by Crippen LogP contribution is -2.31. The van der Waals surface area contributed by atoms with E-state index in [-0.39, 0.29) is 5.78 Å². The Morgan fingerprint density at radius 3 is 2.65 bits per heavy atom. The van der Waals surface area contributed by atoms with Crippen LogP contribution in [0.5, 0.6) is 0 Å². The molecule has 130 valence electrons. The first-order valence-electron chi connectivity index (χ1n) is 8.70. The van der Waals surface area contributed by atoms with Gasteiger partial charge in [0.1, 0.15) is 0 Å². The van der Waals surface area contributed by atoms with Crippen LogP contribution in [-0.4, -0.2) is 28.8 Å². The maximum absolute atomic E-state index is 12.1. The van der Waals surface area contributed by atoms with Gasteiger partial charge in [-0.1, -0.05) is 44.9 Å². The SMILES string of the molecule is CCCC(O)(CCC)CS/C1=C/C(C(=O)CCN)=C\C=C/CC1.